The molecule has 0 aromatic heterocycles. The summed E-state index contributed by atoms with van der Waals surface area (Å²) >= 11 is 0. The van der Waals surface area contributed by atoms with Gasteiger partial charge in [-0.25, -0.2) is 8.42 Å². The number of piperidine rings is 1. The SMILES string of the molecule is CCS(=O)(=O)c1ccc(N2CCC(NC(=O)COCc3ccccc3)CC2)cc1. The zero-order chi connectivity index (χ0) is 20.7. The maximum absolute atomic E-state index is 12.1. The van der Waals surface area contributed by atoms with Crippen molar-refractivity contribution in [2.75, 3.05) is 30.3 Å². The van der Waals surface area contributed by atoms with E-state index in [0.29, 0.717) is 11.5 Å². The molecule has 1 heterocycles. The molecule has 1 N–H and O–H groups in total. The number of benzene rings is 2. The molecule has 29 heavy (non-hydrogen) atoms. The predicted molar refractivity (Wildman–Crippen MR) is 114 cm³/mol. The topological polar surface area (TPSA) is 75.7 Å². The van der Waals surface area contributed by atoms with Crippen molar-refractivity contribution in [1.82, 2.24) is 5.32 Å². The Morgan fingerprint density at radius 3 is 2.34 bits per heavy atom. The number of nitrogens with zero attached hydrogens (tertiary/aromatic N) is 1. The molecule has 0 bridgehead atoms. The van der Waals surface area contributed by atoms with Crippen molar-refractivity contribution in [2.24, 2.45) is 0 Å². The van der Waals surface area contributed by atoms with E-state index < -0.39 is 9.84 Å². The zero-order valence-corrected chi connectivity index (χ0v) is 17.5. The fourth-order valence-corrected chi connectivity index (χ4v) is 4.30. The summed E-state index contributed by atoms with van der Waals surface area (Å²) < 4.78 is 29.3. The summed E-state index contributed by atoms with van der Waals surface area (Å²) in [7, 11) is -3.17. The Bertz CT molecular complexity index is 890. The van der Waals surface area contributed by atoms with Crippen LogP contribution in [0.5, 0.6) is 0 Å². The summed E-state index contributed by atoms with van der Waals surface area (Å²) in [5.41, 5.74) is 2.06. The van der Waals surface area contributed by atoms with Gasteiger partial charge in [-0.1, -0.05) is 37.3 Å². The van der Waals surface area contributed by atoms with Gasteiger partial charge >= 0.3 is 0 Å². The first kappa shape index (κ1) is 21.3. The minimum atomic E-state index is -3.17. The van der Waals surface area contributed by atoms with Crippen LogP contribution in [0.1, 0.15) is 25.3 Å². The molecule has 7 heteroatoms. The van der Waals surface area contributed by atoms with Gasteiger partial charge in [-0.2, -0.15) is 0 Å². The molecule has 3 rings (SSSR count). The number of anilines is 1. The van der Waals surface area contributed by atoms with E-state index in [2.05, 4.69) is 10.2 Å². The predicted octanol–water partition coefficient (Wildman–Crippen LogP) is 2.78. The standard InChI is InChI=1S/C22H28N2O4S/c1-2-29(26,27)21-10-8-20(9-11-21)24-14-12-19(13-15-24)23-22(25)17-28-16-18-6-4-3-5-7-18/h3-11,19H,2,12-17H2,1H3,(H,23,25). The van der Waals surface area contributed by atoms with Gasteiger partial charge in [0.25, 0.3) is 0 Å². The van der Waals surface area contributed by atoms with Gasteiger partial charge in [-0.15, -0.1) is 0 Å². The molecular formula is C22H28N2O4S. The van der Waals surface area contributed by atoms with Gasteiger partial charge in [0.2, 0.25) is 5.91 Å². The Balaban J connectivity index is 1.41. The minimum Gasteiger partial charge on any atom is -0.371 e. The van der Waals surface area contributed by atoms with Gasteiger partial charge in [0.15, 0.2) is 9.84 Å². The lowest BCUT2D eigenvalue weighted by Crippen LogP contribution is -2.45. The van der Waals surface area contributed by atoms with Crippen LogP contribution in [-0.4, -0.2) is 45.8 Å². The van der Waals surface area contributed by atoms with E-state index >= 15 is 0 Å². The van der Waals surface area contributed by atoms with Crippen molar-refractivity contribution in [3.8, 4) is 0 Å². The van der Waals surface area contributed by atoms with Crippen LogP contribution in [0, 0.1) is 0 Å². The van der Waals surface area contributed by atoms with Crippen molar-refractivity contribution in [3.05, 3.63) is 60.2 Å². The summed E-state index contributed by atoms with van der Waals surface area (Å²) in [6, 6.07) is 17.0. The Hall–Kier alpha value is -2.38. The van der Waals surface area contributed by atoms with E-state index in [1.54, 1.807) is 19.1 Å². The van der Waals surface area contributed by atoms with Crippen LogP contribution in [0.2, 0.25) is 0 Å². The smallest absolute Gasteiger partial charge is 0.246 e. The number of hydrogen-bond acceptors (Lipinski definition) is 5. The Kier molecular flexibility index (Phi) is 7.28. The Morgan fingerprint density at radius 1 is 1.07 bits per heavy atom. The van der Waals surface area contributed by atoms with E-state index in [9.17, 15) is 13.2 Å². The van der Waals surface area contributed by atoms with Gasteiger partial charge < -0.3 is 15.0 Å². The van der Waals surface area contributed by atoms with Crippen LogP contribution in [0.4, 0.5) is 5.69 Å². The van der Waals surface area contributed by atoms with Crippen LogP contribution in [0.25, 0.3) is 0 Å². The van der Waals surface area contributed by atoms with E-state index in [-0.39, 0.29) is 24.3 Å². The molecule has 0 atom stereocenters. The van der Waals surface area contributed by atoms with Crippen molar-refractivity contribution in [1.29, 1.82) is 0 Å². The number of sulfone groups is 1. The number of rotatable bonds is 8. The molecule has 0 saturated carbocycles. The first-order valence-corrected chi connectivity index (χ1v) is 11.6. The Labute approximate surface area is 172 Å². The minimum absolute atomic E-state index is 0.0580. The van der Waals surface area contributed by atoms with Gasteiger partial charge in [0.1, 0.15) is 6.61 Å². The largest absolute Gasteiger partial charge is 0.371 e. The Morgan fingerprint density at radius 2 is 1.72 bits per heavy atom. The highest BCUT2D eigenvalue weighted by molar-refractivity contribution is 7.91. The molecule has 1 amide bonds. The molecule has 1 fully saturated rings. The first-order valence-electron chi connectivity index (χ1n) is 9.97. The van der Waals surface area contributed by atoms with E-state index in [0.717, 1.165) is 37.2 Å². The molecule has 1 aliphatic rings. The quantitative estimate of drug-likeness (QED) is 0.716. The van der Waals surface area contributed by atoms with Crippen LogP contribution < -0.4 is 10.2 Å². The fraction of sp³-hybridized carbons (Fsp3) is 0.409. The van der Waals surface area contributed by atoms with Crippen LogP contribution in [0.15, 0.2) is 59.5 Å². The molecule has 0 unspecified atom stereocenters. The summed E-state index contributed by atoms with van der Waals surface area (Å²) in [5, 5.41) is 3.04. The number of nitrogens with one attached hydrogen (secondary N) is 1. The van der Waals surface area contributed by atoms with Gasteiger partial charge in [0.05, 0.1) is 17.3 Å². The summed E-state index contributed by atoms with van der Waals surface area (Å²) in [6.07, 6.45) is 1.69. The first-order chi connectivity index (χ1) is 14.0. The third-order valence-electron chi connectivity index (χ3n) is 5.15. The third kappa shape index (κ3) is 6.05. The fourth-order valence-electron chi connectivity index (χ4n) is 3.42. The molecule has 1 saturated heterocycles. The van der Waals surface area contributed by atoms with Crippen molar-refractivity contribution < 1.29 is 17.9 Å². The second-order valence-corrected chi connectivity index (χ2v) is 9.48. The molecule has 2 aromatic carbocycles. The molecule has 0 aliphatic carbocycles. The maximum atomic E-state index is 12.1. The van der Waals surface area contributed by atoms with E-state index in [4.69, 9.17) is 4.74 Å². The molecule has 156 valence electrons. The number of carbonyl (C=O) groups is 1. The van der Waals surface area contributed by atoms with E-state index in [1.807, 2.05) is 42.5 Å². The maximum Gasteiger partial charge on any atom is 0.246 e. The lowest BCUT2D eigenvalue weighted by atomic mass is 10.0. The number of carbonyl (C=O) groups excluding carboxylic acids is 1. The summed E-state index contributed by atoms with van der Waals surface area (Å²) in [6.45, 7) is 3.76. The van der Waals surface area contributed by atoms with Crippen LogP contribution in [-0.2, 0) is 26.0 Å². The summed E-state index contributed by atoms with van der Waals surface area (Å²) in [4.78, 5) is 14.7. The highest BCUT2D eigenvalue weighted by Gasteiger charge is 2.21. The van der Waals surface area contributed by atoms with Crippen molar-refractivity contribution >= 4 is 21.4 Å². The number of amides is 1. The van der Waals surface area contributed by atoms with Gasteiger partial charge in [-0.05, 0) is 42.7 Å². The second kappa shape index (κ2) is 9.89. The molecule has 1 aliphatic heterocycles. The zero-order valence-electron chi connectivity index (χ0n) is 16.7. The molecule has 0 spiro atoms. The molecule has 2 aromatic rings. The molecular weight excluding hydrogens is 388 g/mol. The third-order valence-corrected chi connectivity index (χ3v) is 6.90. The van der Waals surface area contributed by atoms with Gasteiger partial charge in [0, 0.05) is 24.8 Å². The van der Waals surface area contributed by atoms with Crippen LogP contribution in [0.3, 0.4) is 0 Å². The molecule has 0 radical (unpaired) electrons. The normalized spacial score (nSPS) is 15.3. The lowest BCUT2D eigenvalue weighted by Gasteiger charge is -2.34. The average Bonchev–Trinajstić information content (AvgIpc) is 2.75. The van der Waals surface area contributed by atoms with Crippen LogP contribution >= 0.6 is 0 Å². The van der Waals surface area contributed by atoms with Gasteiger partial charge in [-0.3, -0.25) is 4.79 Å². The highest BCUT2D eigenvalue weighted by Crippen LogP contribution is 2.22. The second-order valence-electron chi connectivity index (χ2n) is 7.20. The highest BCUT2D eigenvalue weighted by atomic mass is 32.2. The molecule has 6 nitrogen and oxygen atoms in total. The van der Waals surface area contributed by atoms with E-state index in [1.165, 1.54) is 0 Å². The monoisotopic (exact) mass is 416 g/mol. The van der Waals surface area contributed by atoms with Crippen molar-refractivity contribution in [3.63, 3.8) is 0 Å². The summed E-state index contributed by atoms with van der Waals surface area (Å²) in [5.74, 6) is 0.0143. The average molecular weight is 417 g/mol. The number of ether oxygens (including phenoxy) is 1. The number of hydrogen-bond donors (Lipinski definition) is 1. The lowest BCUT2D eigenvalue weighted by molar-refractivity contribution is -0.126. The van der Waals surface area contributed by atoms with Crippen molar-refractivity contribution in [2.45, 2.75) is 37.3 Å².